The van der Waals surface area contributed by atoms with Gasteiger partial charge in [0.1, 0.15) is 0 Å². The zero-order valence-electron chi connectivity index (χ0n) is 32.0. The number of nitrogens with zero attached hydrogens (tertiary/aromatic N) is 3. The maximum absolute atomic E-state index is 4.74. The number of aromatic nitrogens is 3. The molecule has 0 saturated heterocycles. The molecule has 0 atom stereocenters. The summed E-state index contributed by atoms with van der Waals surface area (Å²) >= 11 is 0. The van der Waals surface area contributed by atoms with Gasteiger partial charge in [0.05, 0.1) is 22.1 Å². The van der Waals surface area contributed by atoms with Crippen molar-refractivity contribution >= 4 is 65.2 Å². The van der Waals surface area contributed by atoms with Gasteiger partial charge in [-0.05, 0) is 121 Å². The molecule has 0 fully saturated rings. The lowest BCUT2D eigenvalue weighted by Crippen LogP contribution is -1.92. The molecule has 0 aliphatic carbocycles. The molecule has 0 N–H and O–H groups in total. The van der Waals surface area contributed by atoms with E-state index in [1.165, 1.54) is 93.5 Å². The number of para-hydroxylation sites is 2. The van der Waals surface area contributed by atoms with Crippen LogP contribution in [0.2, 0.25) is 0 Å². The summed E-state index contributed by atoms with van der Waals surface area (Å²) in [7, 11) is 0. The Balaban J connectivity index is 0.840. The van der Waals surface area contributed by atoms with Gasteiger partial charge in [-0.2, -0.15) is 0 Å². The zero-order valence-corrected chi connectivity index (χ0v) is 32.0. The molecule has 0 bridgehead atoms. The van der Waals surface area contributed by atoms with Crippen molar-refractivity contribution < 1.29 is 0 Å². The van der Waals surface area contributed by atoms with Gasteiger partial charge in [-0.3, -0.25) is 9.97 Å². The van der Waals surface area contributed by atoms with Crippen LogP contribution < -0.4 is 0 Å². The van der Waals surface area contributed by atoms with E-state index >= 15 is 0 Å². The van der Waals surface area contributed by atoms with Crippen molar-refractivity contribution in [2.75, 3.05) is 0 Å². The molecule has 2 aromatic heterocycles. The van der Waals surface area contributed by atoms with Crippen molar-refractivity contribution in [3.63, 3.8) is 0 Å². The molecular formula is C56H35N3. The predicted octanol–water partition coefficient (Wildman–Crippen LogP) is 14.9. The van der Waals surface area contributed by atoms with Gasteiger partial charge < -0.3 is 4.57 Å². The van der Waals surface area contributed by atoms with E-state index in [9.17, 15) is 0 Å². The largest absolute Gasteiger partial charge is 0.309 e. The zero-order chi connectivity index (χ0) is 38.9. The van der Waals surface area contributed by atoms with Crippen LogP contribution in [0.15, 0.2) is 213 Å². The van der Waals surface area contributed by atoms with Crippen LogP contribution in [0.4, 0.5) is 0 Å². The molecule has 274 valence electrons. The van der Waals surface area contributed by atoms with Crippen LogP contribution in [-0.4, -0.2) is 14.5 Å². The van der Waals surface area contributed by atoms with E-state index in [0.717, 1.165) is 21.8 Å². The number of hydrogen-bond donors (Lipinski definition) is 0. The third kappa shape index (κ3) is 5.51. The number of fused-ring (bicyclic) bond motifs is 10. The van der Waals surface area contributed by atoms with Crippen LogP contribution in [-0.2, 0) is 0 Å². The predicted molar refractivity (Wildman–Crippen MR) is 248 cm³/mol. The van der Waals surface area contributed by atoms with E-state index in [-0.39, 0.29) is 0 Å². The molecule has 0 aliphatic heterocycles. The van der Waals surface area contributed by atoms with Crippen molar-refractivity contribution in [1.82, 2.24) is 14.5 Å². The Kier molecular flexibility index (Phi) is 7.54. The number of hydrogen-bond acceptors (Lipinski definition) is 2. The highest BCUT2D eigenvalue weighted by Gasteiger charge is 2.15. The van der Waals surface area contributed by atoms with Crippen molar-refractivity contribution in [1.29, 1.82) is 0 Å². The second-order valence-corrected chi connectivity index (χ2v) is 15.4. The van der Waals surface area contributed by atoms with Gasteiger partial charge >= 0.3 is 0 Å². The van der Waals surface area contributed by atoms with Crippen LogP contribution in [0, 0.1) is 0 Å². The second-order valence-electron chi connectivity index (χ2n) is 15.4. The highest BCUT2D eigenvalue weighted by molar-refractivity contribution is 6.23. The van der Waals surface area contributed by atoms with Gasteiger partial charge in [0.15, 0.2) is 0 Å². The molecule has 0 unspecified atom stereocenters. The molecular weight excluding hydrogens is 715 g/mol. The number of rotatable bonds is 5. The third-order valence-corrected chi connectivity index (χ3v) is 12.1. The fourth-order valence-corrected chi connectivity index (χ4v) is 9.16. The molecule has 0 aliphatic rings. The lowest BCUT2D eigenvalue weighted by molar-refractivity contribution is 1.18. The van der Waals surface area contributed by atoms with Crippen LogP contribution in [0.3, 0.4) is 0 Å². The Labute approximate surface area is 341 Å². The van der Waals surface area contributed by atoms with E-state index < -0.39 is 0 Å². The molecule has 59 heavy (non-hydrogen) atoms. The first-order chi connectivity index (χ1) is 29.2. The Morgan fingerprint density at radius 3 is 1.46 bits per heavy atom. The fraction of sp³-hybridized carbons (Fsp3) is 0. The minimum atomic E-state index is 0.940. The monoisotopic (exact) mass is 749 g/mol. The minimum Gasteiger partial charge on any atom is -0.309 e. The fourth-order valence-electron chi connectivity index (χ4n) is 9.16. The Hall–Kier alpha value is -7.88. The SMILES string of the molecule is c1ccc(-n2c3ccccc3c3cc(-c4ccc5cc(-c6ccc(-c7cccc(-c8ccc9c(c8)c8ccccc8c8nccnc98)c7)cc6)ccc5c4)ccc32)cc1. The summed E-state index contributed by atoms with van der Waals surface area (Å²) in [5.74, 6) is 0. The van der Waals surface area contributed by atoms with E-state index in [1.54, 1.807) is 12.4 Å². The smallest absolute Gasteiger partial charge is 0.0971 e. The average molecular weight is 750 g/mol. The summed E-state index contributed by atoms with van der Waals surface area (Å²) in [5, 5.41) is 9.63. The first-order valence-corrected chi connectivity index (χ1v) is 20.1. The first-order valence-electron chi connectivity index (χ1n) is 20.1. The van der Waals surface area contributed by atoms with Gasteiger partial charge in [0.2, 0.25) is 0 Å². The van der Waals surface area contributed by atoms with E-state index in [2.05, 4.69) is 205 Å². The number of benzene rings is 10. The standard InChI is InChI=1S/C56H35N3/c1-2-11-46(12-3-1)59-53-16-7-6-14-48(53)52-35-45(26-28-54(52)59)43-24-23-41-32-40(21-22-42(41)33-43)37-19-17-36(18-20-37)38-9-8-10-39(31-38)44-25-27-50-51(34-44)47-13-4-5-15-49(47)55-56(50)58-30-29-57-55/h1-35H. The minimum absolute atomic E-state index is 0.940. The maximum Gasteiger partial charge on any atom is 0.0971 e. The van der Waals surface area contributed by atoms with E-state index in [1.807, 2.05) is 0 Å². The van der Waals surface area contributed by atoms with Crippen molar-refractivity contribution in [3.05, 3.63) is 213 Å². The van der Waals surface area contributed by atoms with Crippen molar-refractivity contribution in [2.45, 2.75) is 0 Å². The molecule has 3 heteroatoms. The Morgan fingerprint density at radius 2 is 0.746 bits per heavy atom. The molecule has 3 nitrogen and oxygen atoms in total. The maximum atomic E-state index is 4.74. The molecule has 12 aromatic rings. The Morgan fingerprint density at radius 1 is 0.271 bits per heavy atom. The summed E-state index contributed by atoms with van der Waals surface area (Å²) in [6.45, 7) is 0. The topological polar surface area (TPSA) is 30.7 Å². The van der Waals surface area contributed by atoms with Gasteiger partial charge in [0, 0.05) is 39.6 Å². The van der Waals surface area contributed by atoms with Gasteiger partial charge in [-0.15, -0.1) is 0 Å². The molecule has 2 heterocycles. The summed E-state index contributed by atoms with van der Waals surface area (Å²) in [4.78, 5) is 9.43. The van der Waals surface area contributed by atoms with E-state index in [0.29, 0.717) is 0 Å². The molecule has 0 spiro atoms. The molecule has 12 rings (SSSR count). The third-order valence-electron chi connectivity index (χ3n) is 12.1. The summed E-state index contributed by atoms with van der Waals surface area (Å²) < 4.78 is 2.37. The molecule has 0 saturated carbocycles. The molecule has 0 amide bonds. The first kappa shape index (κ1) is 33.3. The van der Waals surface area contributed by atoms with Crippen LogP contribution in [0.1, 0.15) is 0 Å². The lowest BCUT2D eigenvalue weighted by Gasteiger charge is -2.12. The summed E-state index contributed by atoms with van der Waals surface area (Å²) in [6.07, 6.45) is 3.56. The molecule has 0 radical (unpaired) electrons. The normalized spacial score (nSPS) is 11.7. The highest BCUT2D eigenvalue weighted by Crippen LogP contribution is 2.38. The lowest BCUT2D eigenvalue weighted by atomic mass is 9.93. The van der Waals surface area contributed by atoms with Gasteiger partial charge in [0.25, 0.3) is 0 Å². The summed E-state index contributed by atoms with van der Waals surface area (Å²) in [6, 6.07) is 72.9. The van der Waals surface area contributed by atoms with Crippen molar-refractivity contribution in [2.24, 2.45) is 0 Å². The van der Waals surface area contributed by atoms with Crippen LogP contribution >= 0.6 is 0 Å². The van der Waals surface area contributed by atoms with E-state index in [4.69, 9.17) is 9.97 Å². The average Bonchev–Trinajstić information content (AvgIpc) is 3.65. The molecule has 10 aromatic carbocycles. The van der Waals surface area contributed by atoms with Gasteiger partial charge in [-0.25, -0.2) is 0 Å². The van der Waals surface area contributed by atoms with Crippen LogP contribution in [0.5, 0.6) is 0 Å². The van der Waals surface area contributed by atoms with Crippen LogP contribution in [0.25, 0.3) is 115 Å². The van der Waals surface area contributed by atoms with Crippen molar-refractivity contribution in [3.8, 4) is 50.2 Å². The highest BCUT2D eigenvalue weighted by atomic mass is 15.0. The summed E-state index contributed by atoms with van der Waals surface area (Å²) in [5.41, 5.74) is 15.1. The van der Waals surface area contributed by atoms with Gasteiger partial charge in [-0.1, -0.05) is 146 Å². The quantitative estimate of drug-likeness (QED) is 0.164. The second kappa shape index (κ2) is 13.4. The Bertz CT molecular complexity index is 3570.